The molecule has 0 radical (unpaired) electrons. The number of hydrogen-bond donors (Lipinski definition) is 0. The Bertz CT molecular complexity index is 677. The van der Waals surface area contributed by atoms with Crippen LogP contribution in [0.15, 0.2) is 41.4 Å². The Labute approximate surface area is 134 Å². The van der Waals surface area contributed by atoms with Crippen molar-refractivity contribution >= 4 is 35.1 Å². The van der Waals surface area contributed by atoms with E-state index in [0.717, 1.165) is 11.3 Å². The van der Waals surface area contributed by atoms with E-state index in [1.165, 1.54) is 5.56 Å². The molecule has 0 heterocycles. The number of terminal acetylenes is 1. The highest BCUT2D eigenvalue weighted by atomic mass is 35.5. The van der Waals surface area contributed by atoms with E-state index >= 15 is 0 Å². The van der Waals surface area contributed by atoms with Gasteiger partial charge in [0.05, 0.1) is 15.7 Å². The van der Waals surface area contributed by atoms with Crippen molar-refractivity contribution in [1.29, 1.82) is 0 Å². The molecule has 0 spiro atoms. The zero-order valence-corrected chi connectivity index (χ0v) is 12.9. The van der Waals surface area contributed by atoms with Crippen LogP contribution >= 0.6 is 23.2 Å². The number of hydrogen-bond acceptors (Lipinski definition) is 2. The Balaban J connectivity index is 2.21. The molecule has 0 aliphatic rings. The van der Waals surface area contributed by atoms with E-state index in [9.17, 15) is 0 Å². The molecule has 0 aliphatic heterocycles. The second kappa shape index (κ2) is 7.17. The van der Waals surface area contributed by atoms with E-state index in [1.807, 2.05) is 31.2 Å². The third kappa shape index (κ3) is 4.26. The lowest BCUT2D eigenvalue weighted by atomic mass is 10.2. The Morgan fingerprint density at radius 1 is 1.19 bits per heavy atom. The summed E-state index contributed by atoms with van der Waals surface area (Å²) in [6.07, 6.45) is 6.85. The molecule has 2 aromatic rings. The molecule has 106 valence electrons. The Morgan fingerprint density at radius 2 is 1.81 bits per heavy atom. The van der Waals surface area contributed by atoms with E-state index in [-0.39, 0.29) is 6.61 Å². The predicted octanol–water partition coefficient (Wildman–Crippen LogP) is 5.06. The number of rotatable bonds is 4. The molecule has 0 amide bonds. The van der Waals surface area contributed by atoms with E-state index in [0.29, 0.717) is 15.8 Å². The summed E-state index contributed by atoms with van der Waals surface area (Å²) >= 11 is 12.3. The van der Waals surface area contributed by atoms with Gasteiger partial charge in [-0.2, -0.15) is 0 Å². The summed E-state index contributed by atoms with van der Waals surface area (Å²) in [5, 5.41) is 0.811. The number of benzene rings is 2. The topological polar surface area (TPSA) is 21.6 Å². The van der Waals surface area contributed by atoms with Gasteiger partial charge in [-0.1, -0.05) is 46.8 Å². The Hall–Kier alpha value is -1.95. The lowest BCUT2D eigenvalue weighted by Gasteiger charge is -2.08. The van der Waals surface area contributed by atoms with Crippen LogP contribution < -0.4 is 4.74 Å². The molecule has 0 aromatic heterocycles. The highest BCUT2D eigenvalue weighted by molar-refractivity contribution is 6.37. The van der Waals surface area contributed by atoms with Crippen molar-refractivity contribution in [3.63, 3.8) is 0 Å². The molecule has 0 N–H and O–H groups in total. The SMILES string of the molecule is C#CCOc1c(Cl)cc(C=Nc2ccc(C)cc2)cc1Cl. The number of ether oxygens (including phenoxy) is 1. The average molecular weight is 318 g/mol. The second-order valence-electron chi connectivity index (χ2n) is 4.40. The van der Waals surface area contributed by atoms with E-state index in [2.05, 4.69) is 10.9 Å². The van der Waals surface area contributed by atoms with Crippen LogP contribution in [0, 0.1) is 19.3 Å². The summed E-state index contributed by atoms with van der Waals surface area (Å²) in [7, 11) is 0. The van der Waals surface area contributed by atoms with Crippen molar-refractivity contribution < 1.29 is 4.74 Å². The van der Waals surface area contributed by atoms with E-state index < -0.39 is 0 Å². The molecule has 4 heteroatoms. The summed E-state index contributed by atoms with van der Waals surface area (Å²) in [6.45, 7) is 2.15. The molecule has 0 bridgehead atoms. The molecule has 0 unspecified atom stereocenters. The molecule has 0 saturated carbocycles. The van der Waals surface area contributed by atoms with Gasteiger partial charge in [0.2, 0.25) is 0 Å². The number of nitrogens with zero attached hydrogens (tertiary/aromatic N) is 1. The van der Waals surface area contributed by atoms with E-state index in [1.54, 1.807) is 18.3 Å². The molecule has 0 fully saturated rings. The first-order chi connectivity index (χ1) is 10.1. The van der Waals surface area contributed by atoms with Gasteiger partial charge in [0.15, 0.2) is 5.75 Å². The van der Waals surface area contributed by atoms with Crippen molar-refractivity contribution in [2.24, 2.45) is 4.99 Å². The number of halogens is 2. The molecule has 0 aliphatic carbocycles. The number of aryl methyl sites for hydroxylation is 1. The largest absolute Gasteiger partial charge is 0.478 e. The fourth-order valence-electron chi connectivity index (χ4n) is 1.69. The maximum atomic E-state index is 6.13. The van der Waals surface area contributed by atoms with Gasteiger partial charge < -0.3 is 4.74 Å². The maximum Gasteiger partial charge on any atom is 0.157 e. The average Bonchev–Trinajstić information content (AvgIpc) is 2.46. The van der Waals surface area contributed by atoms with E-state index in [4.69, 9.17) is 34.4 Å². The summed E-state index contributed by atoms with van der Waals surface area (Å²) in [5.74, 6) is 2.76. The predicted molar refractivity (Wildman–Crippen MR) is 89.2 cm³/mol. The minimum atomic E-state index is 0.121. The van der Waals surface area contributed by atoms with Gasteiger partial charge >= 0.3 is 0 Å². The zero-order valence-electron chi connectivity index (χ0n) is 11.4. The van der Waals surface area contributed by atoms with Crippen molar-refractivity contribution in [3.05, 3.63) is 57.6 Å². The van der Waals surface area contributed by atoms with Crippen molar-refractivity contribution in [1.82, 2.24) is 0 Å². The molecule has 0 atom stereocenters. The van der Waals surface area contributed by atoms with Gasteiger partial charge in [-0.3, -0.25) is 4.99 Å². The lowest BCUT2D eigenvalue weighted by molar-refractivity contribution is 0.371. The molecular weight excluding hydrogens is 305 g/mol. The highest BCUT2D eigenvalue weighted by Crippen LogP contribution is 2.33. The van der Waals surface area contributed by atoms with Crippen LogP contribution in [0.3, 0.4) is 0 Å². The first kappa shape index (κ1) is 15.4. The normalized spacial score (nSPS) is 10.6. The monoisotopic (exact) mass is 317 g/mol. The van der Waals surface area contributed by atoms with Gasteiger partial charge in [-0.25, -0.2) is 0 Å². The maximum absolute atomic E-state index is 6.13. The van der Waals surface area contributed by atoms with Crippen LogP contribution in [0.4, 0.5) is 5.69 Å². The summed E-state index contributed by atoms with van der Waals surface area (Å²) in [5.41, 5.74) is 2.84. The fraction of sp³-hybridized carbons (Fsp3) is 0.118. The first-order valence-corrected chi connectivity index (χ1v) is 7.02. The molecular formula is C17H13Cl2NO. The van der Waals surface area contributed by atoms with Gasteiger partial charge in [0, 0.05) is 6.21 Å². The fourth-order valence-corrected chi connectivity index (χ4v) is 2.30. The van der Waals surface area contributed by atoms with Crippen LogP contribution in [0.2, 0.25) is 10.0 Å². The Morgan fingerprint density at radius 3 is 2.38 bits per heavy atom. The minimum absolute atomic E-state index is 0.121. The van der Waals surface area contributed by atoms with Crippen LogP contribution in [-0.2, 0) is 0 Å². The van der Waals surface area contributed by atoms with Crippen LogP contribution in [0.5, 0.6) is 5.75 Å². The molecule has 2 aromatic carbocycles. The quantitative estimate of drug-likeness (QED) is 0.570. The smallest absolute Gasteiger partial charge is 0.157 e. The highest BCUT2D eigenvalue weighted by Gasteiger charge is 2.08. The van der Waals surface area contributed by atoms with Gasteiger partial charge in [-0.05, 0) is 36.8 Å². The zero-order chi connectivity index (χ0) is 15.2. The second-order valence-corrected chi connectivity index (χ2v) is 5.21. The Kier molecular flexibility index (Phi) is 5.27. The standard InChI is InChI=1S/C17H13Cl2NO/c1-3-8-21-17-15(18)9-13(10-16(17)19)11-20-14-6-4-12(2)5-7-14/h1,4-7,9-11H,8H2,2H3. The number of aliphatic imine (C=N–C) groups is 1. The van der Waals surface area contributed by atoms with Gasteiger partial charge in [0.1, 0.15) is 6.61 Å². The summed E-state index contributed by atoms with van der Waals surface area (Å²) in [4.78, 5) is 4.38. The van der Waals surface area contributed by atoms with Crippen molar-refractivity contribution in [2.45, 2.75) is 6.92 Å². The van der Waals surface area contributed by atoms with Crippen LogP contribution in [0.1, 0.15) is 11.1 Å². The minimum Gasteiger partial charge on any atom is -0.478 e. The molecule has 21 heavy (non-hydrogen) atoms. The third-order valence-electron chi connectivity index (χ3n) is 2.72. The third-order valence-corrected chi connectivity index (χ3v) is 3.28. The van der Waals surface area contributed by atoms with Crippen molar-refractivity contribution in [3.8, 4) is 18.1 Å². The van der Waals surface area contributed by atoms with Gasteiger partial charge in [-0.15, -0.1) is 6.42 Å². The molecule has 2 rings (SSSR count). The summed E-state index contributed by atoms with van der Waals surface area (Å²) < 4.78 is 5.30. The van der Waals surface area contributed by atoms with Crippen LogP contribution in [-0.4, -0.2) is 12.8 Å². The molecule has 2 nitrogen and oxygen atoms in total. The lowest BCUT2D eigenvalue weighted by Crippen LogP contribution is -1.96. The summed E-state index contributed by atoms with van der Waals surface area (Å²) in [6, 6.07) is 11.4. The van der Waals surface area contributed by atoms with Crippen molar-refractivity contribution in [2.75, 3.05) is 6.61 Å². The first-order valence-electron chi connectivity index (χ1n) is 6.26. The van der Waals surface area contributed by atoms with Gasteiger partial charge in [0.25, 0.3) is 0 Å². The van der Waals surface area contributed by atoms with Crippen LogP contribution in [0.25, 0.3) is 0 Å². The molecule has 0 saturated heterocycles.